The SMILES string of the molecule is C=C/C(=C\Cc1ccccc1OC)c1n[nH]c2ccc(Nc3cccc(S(C)(=O)=O)c3)cc12. The van der Waals surface area contributed by atoms with Crippen LogP contribution in [-0.2, 0) is 16.3 Å². The zero-order valence-corrected chi connectivity index (χ0v) is 19.3. The van der Waals surface area contributed by atoms with Gasteiger partial charge >= 0.3 is 0 Å². The van der Waals surface area contributed by atoms with Crippen molar-refractivity contribution in [2.45, 2.75) is 11.3 Å². The summed E-state index contributed by atoms with van der Waals surface area (Å²) in [5, 5.41) is 11.8. The Kier molecular flexibility index (Phi) is 6.33. The van der Waals surface area contributed by atoms with Gasteiger partial charge in [-0.25, -0.2) is 8.42 Å². The molecule has 0 amide bonds. The van der Waals surface area contributed by atoms with Gasteiger partial charge in [0.05, 0.1) is 23.2 Å². The number of hydrogen-bond donors (Lipinski definition) is 2. The van der Waals surface area contributed by atoms with Crippen LogP contribution in [0.1, 0.15) is 11.3 Å². The van der Waals surface area contributed by atoms with E-state index in [0.29, 0.717) is 12.1 Å². The number of allylic oxidation sites excluding steroid dienone is 3. The van der Waals surface area contributed by atoms with E-state index in [2.05, 4.69) is 28.2 Å². The molecule has 4 rings (SSSR count). The van der Waals surface area contributed by atoms with Crippen molar-refractivity contribution in [2.24, 2.45) is 0 Å². The Labute approximate surface area is 193 Å². The Hall–Kier alpha value is -3.84. The largest absolute Gasteiger partial charge is 0.496 e. The van der Waals surface area contributed by atoms with Gasteiger partial charge in [-0.2, -0.15) is 5.10 Å². The third kappa shape index (κ3) is 4.99. The van der Waals surface area contributed by atoms with E-state index in [1.54, 1.807) is 31.4 Å². The number of anilines is 2. The Bertz CT molecular complexity index is 1450. The van der Waals surface area contributed by atoms with Crippen LogP contribution in [0.2, 0.25) is 0 Å². The van der Waals surface area contributed by atoms with Crippen molar-refractivity contribution in [2.75, 3.05) is 18.7 Å². The number of hydrogen-bond acceptors (Lipinski definition) is 5. The summed E-state index contributed by atoms with van der Waals surface area (Å²) in [6.45, 7) is 3.98. The third-order valence-electron chi connectivity index (χ3n) is 5.34. The number of methoxy groups -OCH3 is 1. The molecule has 1 aromatic heterocycles. The van der Waals surface area contributed by atoms with E-state index in [1.807, 2.05) is 48.5 Å². The number of para-hydroxylation sites is 1. The van der Waals surface area contributed by atoms with Crippen LogP contribution in [0.25, 0.3) is 16.5 Å². The highest BCUT2D eigenvalue weighted by atomic mass is 32.2. The van der Waals surface area contributed by atoms with Crippen LogP contribution in [0.4, 0.5) is 11.4 Å². The second-order valence-electron chi connectivity index (χ2n) is 7.64. The summed E-state index contributed by atoms with van der Waals surface area (Å²) in [6.07, 6.45) is 5.75. The highest BCUT2D eigenvalue weighted by Gasteiger charge is 2.11. The summed E-state index contributed by atoms with van der Waals surface area (Å²) < 4.78 is 29.2. The first-order chi connectivity index (χ1) is 15.9. The molecule has 3 aromatic carbocycles. The fourth-order valence-electron chi connectivity index (χ4n) is 3.65. The summed E-state index contributed by atoms with van der Waals surface area (Å²) in [4.78, 5) is 0.269. The lowest BCUT2D eigenvalue weighted by atomic mass is 10.0. The average Bonchev–Trinajstić information content (AvgIpc) is 3.22. The average molecular weight is 460 g/mol. The van der Waals surface area contributed by atoms with Crippen molar-refractivity contribution in [3.05, 3.63) is 96.7 Å². The minimum atomic E-state index is -3.28. The van der Waals surface area contributed by atoms with Gasteiger partial charge in [-0.15, -0.1) is 0 Å². The maximum atomic E-state index is 11.9. The van der Waals surface area contributed by atoms with Crippen LogP contribution in [0.3, 0.4) is 0 Å². The molecule has 0 saturated carbocycles. The first kappa shape index (κ1) is 22.4. The van der Waals surface area contributed by atoms with E-state index < -0.39 is 9.84 Å². The first-order valence-electron chi connectivity index (χ1n) is 10.4. The lowest BCUT2D eigenvalue weighted by Gasteiger charge is -2.09. The maximum absolute atomic E-state index is 11.9. The van der Waals surface area contributed by atoms with Crippen LogP contribution in [-0.4, -0.2) is 32.0 Å². The van der Waals surface area contributed by atoms with E-state index in [9.17, 15) is 8.42 Å². The van der Waals surface area contributed by atoms with Crippen molar-refractivity contribution in [3.8, 4) is 5.75 Å². The van der Waals surface area contributed by atoms with Crippen molar-refractivity contribution >= 4 is 37.7 Å². The molecule has 168 valence electrons. The predicted molar refractivity (Wildman–Crippen MR) is 134 cm³/mol. The molecule has 33 heavy (non-hydrogen) atoms. The van der Waals surface area contributed by atoms with Gasteiger partial charge in [-0.3, -0.25) is 5.10 Å². The number of ether oxygens (including phenoxy) is 1. The molecule has 0 saturated heterocycles. The number of aromatic amines is 1. The molecular weight excluding hydrogens is 434 g/mol. The molecule has 7 heteroatoms. The topological polar surface area (TPSA) is 84.1 Å². The van der Waals surface area contributed by atoms with Crippen LogP contribution in [0, 0.1) is 0 Å². The third-order valence-corrected chi connectivity index (χ3v) is 6.45. The van der Waals surface area contributed by atoms with Crippen LogP contribution < -0.4 is 10.1 Å². The lowest BCUT2D eigenvalue weighted by molar-refractivity contribution is 0.410. The summed E-state index contributed by atoms with van der Waals surface area (Å²) in [5.74, 6) is 0.840. The zero-order valence-electron chi connectivity index (χ0n) is 18.5. The van der Waals surface area contributed by atoms with Crippen molar-refractivity contribution < 1.29 is 13.2 Å². The van der Waals surface area contributed by atoms with Gasteiger partial charge in [0.25, 0.3) is 0 Å². The van der Waals surface area contributed by atoms with E-state index >= 15 is 0 Å². The standard InChI is InChI=1S/C26H25N3O3S/c1-4-18(12-13-19-8-5-6-11-25(19)32-2)26-23-17-21(14-15-24(23)28-29-26)27-20-9-7-10-22(16-20)33(3,30)31/h4-12,14-17,27H,1,13H2,2-3H3,(H,28,29)/b18-12+. The molecule has 4 aromatic rings. The molecule has 0 aliphatic heterocycles. The van der Waals surface area contributed by atoms with Crippen molar-refractivity contribution in [1.29, 1.82) is 0 Å². The Balaban J connectivity index is 1.65. The quantitative estimate of drug-likeness (QED) is 0.339. The van der Waals surface area contributed by atoms with Crippen LogP contribution in [0.5, 0.6) is 5.75 Å². The molecule has 0 fully saturated rings. The Morgan fingerprint density at radius 3 is 2.64 bits per heavy atom. The first-order valence-corrected chi connectivity index (χ1v) is 12.3. The molecule has 0 radical (unpaired) electrons. The van der Waals surface area contributed by atoms with Crippen LogP contribution >= 0.6 is 0 Å². The summed E-state index contributed by atoms with van der Waals surface area (Å²) in [6, 6.07) is 20.5. The van der Waals surface area contributed by atoms with Gasteiger partial charge in [0, 0.05) is 23.0 Å². The molecule has 1 heterocycles. The number of sulfone groups is 1. The lowest BCUT2D eigenvalue weighted by Crippen LogP contribution is -1.98. The van der Waals surface area contributed by atoms with Gasteiger partial charge in [0.15, 0.2) is 9.84 Å². The van der Waals surface area contributed by atoms with Gasteiger partial charge in [0.1, 0.15) is 5.75 Å². The normalized spacial score (nSPS) is 12.0. The minimum Gasteiger partial charge on any atom is -0.496 e. The fourth-order valence-corrected chi connectivity index (χ4v) is 4.32. The number of rotatable bonds is 8. The molecule has 0 unspecified atom stereocenters. The van der Waals surface area contributed by atoms with E-state index in [4.69, 9.17) is 4.74 Å². The Morgan fingerprint density at radius 1 is 1.09 bits per heavy atom. The van der Waals surface area contributed by atoms with E-state index in [1.165, 1.54) is 6.26 Å². The molecule has 0 aliphatic rings. The highest BCUT2D eigenvalue weighted by molar-refractivity contribution is 7.90. The smallest absolute Gasteiger partial charge is 0.175 e. The van der Waals surface area contributed by atoms with Crippen molar-refractivity contribution in [3.63, 3.8) is 0 Å². The number of nitrogens with one attached hydrogen (secondary N) is 2. The minimum absolute atomic E-state index is 0.269. The summed E-state index contributed by atoms with van der Waals surface area (Å²) >= 11 is 0. The maximum Gasteiger partial charge on any atom is 0.175 e. The number of nitrogens with zero attached hydrogens (tertiary/aromatic N) is 1. The second kappa shape index (κ2) is 9.34. The molecular formula is C26H25N3O3S. The number of fused-ring (bicyclic) bond motifs is 1. The summed E-state index contributed by atoms with van der Waals surface area (Å²) in [7, 11) is -1.62. The predicted octanol–water partition coefficient (Wildman–Crippen LogP) is 5.53. The number of benzene rings is 3. The van der Waals surface area contributed by atoms with Gasteiger partial charge < -0.3 is 10.1 Å². The molecule has 0 bridgehead atoms. The highest BCUT2D eigenvalue weighted by Crippen LogP contribution is 2.29. The summed E-state index contributed by atoms with van der Waals surface area (Å²) in [5.41, 5.74) is 5.19. The number of H-pyrrole nitrogens is 1. The molecule has 2 N–H and O–H groups in total. The van der Waals surface area contributed by atoms with E-state index in [-0.39, 0.29) is 4.90 Å². The number of aromatic nitrogens is 2. The zero-order chi connectivity index (χ0) is 23.4. The molecule has 6 nitrogen and oxygen atoms in total. The fraction of sp³-hybridized carbons (Fsp3) is 0.115. The van der Waals surface area contributed by atoms with Crippen molar-refractivity contribution in [1.82, 2.24) is 10.2 Å². The molecule has 0 atom stereocenters. The van der Waals surface area contributed by atoms with Gasteiger partial charge in [-0.1, -0.05) is 43.0 Å². The van der Waals surface area contributed by atoms with E-state index in [0.717, 1.165) is 39.2 Å². The van der Waals surface area contributed by atoms with Crippen LogP contribution in [0.15, 0.2) is 90.4 Å². The molecule has 0 aliphatic carbocycles. The molecule has 0 spiro atoms. The van der Waals surface area contributed by atoms with Gasteiger partial charge in [-0.05, 0) is 60.0 Å². The second-order valence-corrected chi connectivity index (χ2v) is 9.65. The monoisotopic (exact) mass is 459 g/mol. The Morgan fingerprint density at radius 2 is 1.88 bits per heavy atom. The van der Waals surface area contributed by atoms with Gasteiger partial charge in [0.2, 0.25) is 0 Å².